The number of rotatable bonds is 7. The van der Waals surface area contributed by atoms with E-state index < -0.39 is 0 Å². The van der Waals surface area contributed by atoms with E-state index in [0.717, 1.165) is 19.0 Å². The minimum absolute atomic E-state index is 0.125. The second-order valence-corrected chi connectivity index (χ2v) is 3.22. The molecule has 1 aromatic rings. The maximum atomic E-state index is 8.98. The van der Waals surface area contributed by atoms with Crippen LogP contribution in [-0.2, 0) is 11.3 Å². The molecule has 0 unspecified atom stereocenters. The molecule has 15 heavy (non-hydrogen) atoms. The van der Waals surface area contributed by atoms with Crippen molar-refractivity contribution in [1.29, 1.82) is 0 Å². The summed E-state index contributed by atoms with van der Waals surface area (Å²) in [5.41, 5.74) is 0. The van der Waals surface area contributed by atoms with Gasteiger partial charge in [0.25, 0.3) is 0 Å². The van der Waals surface area contributed by atoms with Crippen molar-refractivity contribution in [1.82, 2.24) is 9.55 Å². The first-order valence-electron chi connectivity index (χ1n) is 5.19. The lowest BCUT2D eigenvalue weighted by atomic mass is 10.5. The predicted molar refractivity (Wildman–Crippen MR) is 59.1 cm³/mol. The molecule has 1 aromatic heterocycles. The number of anilines is 1. The summed E-state index contributed by atoms with van der Waals surface area (Å²) in [7, 11) is 1.67. The van der Waals surface area contributed by atoms with Crippen molar-refractivity contribution >= 4 is 5.95 Å². The van der Waals surface area contributed by atoms with Crippen LogP contribution in [0, 0.1) is 0 Å². The van der Waals surface area contributed by atoms with Gasteiger partial charge >= 0.3 is 0 Å². The molecule has 0 saturated carbocycles. The predicted octanol–water partition coefficient (Wildman–Crippen LogP) is 0.348. The van der Waals surface area contributed by atoms with Gasteiger partial charge in [-0.2, -0.15) is 0 Å². The van der Waals surface area contributed by atoms with E-state index in [1.54, 1.807) is 13.3 Å². The lowest BCUT2D eigenvalue weighted by Crippen LogP contribution is -2.32. The van der Waals surface area contributed by atoms with Crippen LogP contribution in [0.15, 0.2) is 12.4 Å². The van der Waals surface area contributed by atoms with Crippen LogP contribution in [-0.4, -0.2) is 48.1 Å². The summed E-state index contributed by atoms with van der Waals surface area (Å²) < 4.78 is 7.08. The van der Waals surface area contributed by atoms with Gasteiger partial charge in [-0.15, -0.1) is 0 Å². The lowest BCUT2D eigenvalue weighted by molar-refractivity contribution is 0.202. The average Bonchev–Trinajstić information content (AvgIpc) is 2.72. The van der Waals surface area contributed by atoms with Crippen LogP contribution in [0.3, 0.4) is 0 Å². The third-order valence-electron chi connectivity index (χ3n) is 2.25. The molecular weight excluding hydrogens is 194 g/mol. The van der Waals surface area contributed by atoms with Gasteiger partial charge < -0.3 is 19.3 Å². The highest BCUT2D eigenvalue weighted by Gasteiger charge is 2.10. The number of hydrogen-bond donors (Lipinski definition) is 1. The average molecular weight is 213 g/mol. The lowest BCUT2D eigenvalue weighted by Gasteiger charge is -2.22. The molecule has 1 heterocycles. The molecule has 0 saturated heterocycles. The highest BCUT2D eigenvalue weighted by Crippen LogP contribution is 2.10. The van der Waals surface area contributed by atoms with Crippen LogP contribution in [0.5, 0.6) is 0 Å². The van der Waals surface area contributed by atoms with Crippen molar-refractivity contribution in [2.45, 2.75) is 13.5 Å². The van der Waals surface area contributed by atoms with Gasteiger partial charge in [0.05, 0.1) is 13.2 Å². The van der Waals surface area contributed by atoms with Gasteiger partial charge in [0.15, 0.2) is 0 Å². The Hall–Kier alpha value is -1.07. The molecule has 0 aromatic carbocycles. The minimum atomic E-state index is 0.125. The molecule has 1 rings (SSSR count). The van der Waals surface area contributed by atoms with Gasteiger partial charge in [0.2, 0.25) is 5.95 Å². The Labute approximate surface area is 90.3 Å². The van der Waals surface area contributed by atoms with Crippen molar-refractivity contribution in [2.24, 2.45) is 0 Å². The van der Waals surface area contributed by atoms with Crippen LogP contribution < -0.4 is 4.90 Å². The smallest absolute Gasteiger partial charge is 0.205 e. The first-order valence-corrected chi connectivity index (χ1v) is 5.19. The normalized spacial score (nSPS) is 10.6. The number of aliphatic hydroxyl groups is 1. The highest BCUT2D eigenvalue weighted by atomic mass is 16.5. The Morgan fingerprint density at radius 3 is 2.93 bits per heavy atom. The summed E-state index contributed by atoms with van der Waals surface area (Å²) in [5, 5.41) is 8.98. The second-order valence-electron chi connectivity index (χ2n) is 3.22. The van der Waals surface area contributed by atoms with E-state index >= 15 is 0 Å². The second kappa shape index (κ2) is 6.42. The van der Waals surface area contributed by atoms with E-state index in [-0.39, 0.29) is 6.61 Å². The van der Waals surface area contributed by atoms with Gasteiger partial charge in [-0.25, -0.2) is 4.98 Å². The van der Waals surface area contributed by atoms with Crippen LogP contribution in [0.1, 0.15) is 6.92 Å². The summed E-state index contributed by atoms with van der Waals surface area (Å²) in [4.78, 5) is 6.30. The molecule has 0 spiro atoms. The van der Waals surface area contributed by atoms with Gasteiger partial charge in [-0.3, -0.25) is 0 Å². The number of methoxy groups -OCH3 is 1. The SMILES string of the molecule is CCn1ccnc1N(CCO)CCOC. The zero-order valence-electron chi connectivity index (χ0n) is 9.39. The molecule has 0 bridgehead atoms. The largest absolute Gasteiger partial charge is 0.395 e. The monoisotopic (exact) mass is 213 g/mol. The van der Waals surface area contributed by atoms with Gasteiger partial charge in [-0.05, 0) is 6.92 Å². The van der Waals surface area contributed by atoms with Crippen molar-refractivity contribution in [2.75, 3.05) is 38.3 Å². The third-order valence-corrected chi connectivity index (χ3v) is 2.25. The van der Waals surface area contributed by atoms with Crippen LogP contribution in [0.25, 0.3) is 0 Å². The molecule has 1 N–H and O–H groups in total. The molecule has 0 aliphatic carbocycles. The van der Waals surface area contributed by atoms with Crippen molar-refractivity contribution in [3.63, 3.8) is 0 Å². The number of aryl methyl sites for hydroxylation is 1. The summed E-state index contributed by atoms with van der Waals surface area (Å²) >= 11 is 0. The number of hydrogen-bond acceptors (Lipinski definition) is 4. The molecule has 5 heteroatoms. The zero-order valence-corrected chi connectivity index (χ0v) is 9.39. The molecule has 0 radical (unpaired) electrons. The molecule has 0 atom stereocenters. The summed E-state index contributed by atoms with van der Waals surface area (Å²) in [6.45, 7) is 5.04. The van der Waals surface area contributed by atoms with Crippen LogP contribution in [0.4, 0.5) is 5.95 Å². The Balaban J connectivity index is 2.69. The van der Waals surface area contributed by atoms with E-state index in [2.05, 4.69) is 11.9 Å². The van der Waals surface area contributed by atoms with Gasteiger partial charge in [-0.1, -0.05) is 0 Å². The molecule has 0 amide bonds. The van der Waals surface area contributed by atoms with Crippen molar-refractivity contribution in [3.05, 3.63) is 12.4 Å². The number of ether oxygens (including phenoxy) is 1. The summed E-state index contributed by atoms with van der Waals surface area (Å²) in [5.74, 6) is 0.892. The van der Waals surface area contributed by atoms with E-state index in [1.807, 2.05) is 15.7 Å². The van der Waals surface area contributed by atoms with Gasteiger partial charge in [0.1, 0.15) is 0 Å². The maximum Gasteiger partial charge on any atom is 0.205 e. The highest BCUT2D eigenvalue weighted by molar-refractivity contribution is 5.31. The van der Waals surface area contributed by atoms with Crippen molar-refractivity contribution in [3.8, 4) is 0 Å². The quantitative estimate of drug-likeness (QED) is 0.710. The van der Waals surface area contributed by atoms with E-state index in [0.29, 0.717) is 13.2 Å². The molecule has 0 aliphatic heterocycles. The number of imidazole rings is 1. The Morgan fingerprint density at radius 2 is 2.33 bits per heavy atom. The summed E-state index contributed by atoms with van der Waals surface area (Å²) in [6, 6.07) is 0. The van der Waals surface area contributed by atoms with E-state index in [1.165, 1.54) is 0 Å². The number of aliphatic hydroxyl groups excluding tert-OH is 1. The number of aromatic nitrogens is 2. The Bertz CT molecular complexity index is 275. The molecular formula is C10H19N3O2. The van der Waals surface area contributed by atoms with Gasteiger partial charge in [0, 0.05) is 39.1 Å². The molecule has 5 nitrogen and oxygen atoms in total. The van der Waals surface area contributed by atoms with Crippen LogP contribution in [0.2, 0.25) is 0 Å². The topological polar surface area (TPSA) is 50.5 Å². The fourth-order valence-electron chi connectivity index (χ4n) is 1.47. The number of nitrogens with zero attached hydrogens (tertiary/aromatic N) is 3. The third kappa shape index (κ3) is 3.21. The van der Waals surface area contributed by atoms with E-state index in [9.17, 15) is 0 Å². The first-order chi connectivity index (χ1) is 7.33. The summed E-state index contributed by atoms with van der Waals surface area (Å²) in [6.07, 6.45) is 3.71. The fourth-order valence-corrected chi connectivity index (χ4v) is 1.47. The zero-order chi connectivity index (χ0) is 11.1. The van der Waals surface area contributed by atoms with Crippen molar-refractivity contribution < 1.29 is 9.84 Å². The Morgan fingerprint density at radius 1 is 1.53 bits per heavy atom. The fraction of sp³-hybridized carbons (Fsp3) is 0.700. The van der Waals surface area contributed by atoms with E-state index in [4.69, 9.17) is 9.84 Å². The standard InChI is InChI=1S/C10H19N3O2/c1-3-12-5-4-11-10(12)13(6-8-14)7-9-15-2/h4-5,14H,3,6-9H2,1-2H3. The van der Waals surface area contributed by atoms with Crippen LogP contribution >= 0.6 is 0 Å². The molecule has 86 valence electrons. The molecule has 0 aliphatic rings. The first kappa shape index (κ1) is 12.0. The maximum absolute atomic E-state index is 8.98. The minimum Gasteiger partial charge on any atom is -0.395 e. The molecule has 0 fully saturated rings. The Kier molecular flexibility index (Phi) is 5.14.